The third kappa shape index (κ3) is 3.69. The van der Waals surface area contributed by atoms with Crippen LogP contribution in [0.1, 0.15) is 19.8 Å². The van der Waals surface area contributed by atoms with E-state index in [4.69, 9.17) is 0 Å². The van der Waals surface area contributed by atoms with Crippen molar-refractivity contribution in [3.05, 3.63) is 0 Å². The summed E-state index contributed by atoms with van der Waals surface area (Å²) in [6, 6.07) is -0.383. The minimum atomic E-state index is -3.03. The van der Waals surface area contributed by atoms with Crippen LogP contribution in [0.2, 0.25) is 0 Å². The van der Waals surface area contributed by atoms with Crippen LogP contribution in [0.4, 0.5) is 0 Å². The minimum Gasteiger partial charge on any atom is -0.468 e. The van der Waals surface area contributed by atoms with Gasteiger partial charge in [0.05, 0.1) is 18.6 Å². The van der Waals surface area contributed by atoms with Gasteiger partial charge in [0.2, 0.25) is 5.91 Å². The van der Waals surface area contributed by atoms with Gasteiger partial charge in [0.1, 0.15) is 5.92 Å². The molecule has 1 amide bonds. The molecule has 7 heteroatoms. The smallest absolute Gasteiger partial charge is 0.318 e. The summed E-state index contributed by atoms with van der Waals surface area (Å²) in [5.41, 5.74) is 0. The third-order valence-electron chi connectivity index (χ3n) is 2.79. The Balaban J connectivity index is 2.57. The lowest BCUT2D eigenvalue weighted by molar-refractivity contribution is -0.150. The van der Waals surface area contributed by atoms with E-state index in [9.17, 15) is 18.0 Å². The van der Waals surface area contributed by atoms with E-state index in [0.717, 1.165) is 0 Å². The summed E-state index contributed by atoms with van der Waals surface area (Å²) >= 11 is 0. The lowest BCUT2D eigenvalue weighted by Crippen LogP contribution is -2.42. The summed E-state index contributed by atoms with van der Waals surface area (Å²) in [6.45, 7) is 1.70. The SMILES string of the molecule is CCC(C(=O)NC1CCS(=O)(=O)C1)C(=O)OC. The Morgan fingerprint density at radius 2 is 2.12 bits per heavy atom. The topological polar surface area (TPSA) is 89.5 Å². The fraction of sp³-hybridized carbons (Fsp3) is 0.800. The van der Waals surface area contributed by atoms with Crippen molar-refractivity contribution in [2.45, 2.75) is 25.8 Å². The van der Waals surface area contributed by atoms with Gasteiger partial charge in [0, 0.05) is 6.04 Å². The van der Waals surface area contributed by atoms with Crippen molar-refractivity contribution in [3.63, 3.8) is 0 Å². The summed E-state index contributed by atoms with van der Waals surface area (Å²) in [5.74, 6) is -1.86. The van der Waals surface area contributed by atoms with E-state index in [2.05, 4.69) is 10.1 Å². The Kier molecular flexibility index (Phi) is 4.50. The Labute approximate surface area is 101 Å². The van der Waals surface area contributed by atoms with Crippen LogP contribution in [-0.4, -0.2) is 45.0 Å². The summed E-state index contributed by atoms with van der Waals surface area (Å²) in [5, 5.41) is 2.58. The van der Waals surface area contributed by atoms with E-state index in [0.29, 0.717) is 12.8 Å². The minimum absolute atomic E-state index is 0.0453. The molecule has 0 spiro atoms. The van der Waals surface area contributed by atoms with Crippen molar-refractivity contribution in [1.82, 2.24) is 5.32 Å². The quantitative estimate of drug-likeness (QED) is 0.545. The first kappa shape index (κ1) is 14.0. The zero-order valence-corrected chi connectivity index (χ0v) is 10.7. The van der Waals surface area contributed by atoms with Gasteiger partial charge in [-0.15, -0.1) is 0 Å². The summed E-state index contributed by atoms with van der Waals surface area (Å²) < 4.78 is 26.9. The van der Waals surface area contributed by atoms with E-state index in [-0.39, 0.29) is 17.5 Å². The molecule has 0 aliphatic carbocycles. The van der Waals surface area contributed by atoms with Crippen LogP contribution in [0, 0.1) is 5.92 Å². The highest BCUT2D eigenvalue weighted by Crippen LogP contribution is 2.13. The highest BCUT2D eigenvalue weighted by atomic mass is 32.2. The predicted molar refractivity (Wildman–Crippen MR) is 61.0 cm³/mol. The molecule has 1 aliphatic rings. The fourth-order valence-electron chi connectivity index (χ4n) is 1.81. The van der Waals surface area contributed by atoms with E-state index >= 15 is 0 Å². The maximum Gasteiger partial charge on any atom is 0.318 e. The first-order valence-electron chi connectivity index (χ1n) is 5.48. The van der Waals surface area contributed by atoms with Crippen molar-refractivity contribution in [2.75, 3.05) is 18.6 Å². The Morgan fingerprint density at radius 1 is 1.47 bits per heavy atom. The number of amides is 1. The van der Waals surface area contributed by atoms with Crippen LogP contribution in [0.5, 0.6) is 0 Å². The monoisotopic (exact) mass is 263 g/mol. The second kappa shape index (κ2) is 5.48. The van der Waals surface area contributed by atoms with Crippen molar-refractivity contribution >= 4 is 21.7 Å². The zero-order valence-electron chi connectivity index (χ0n) is 9.93. The molecule has 2 unspecified atom stereocenters. The van der Waals surface area contributed by atoms with E-state index < -0.39 is 27.6 Å². The molecule has 2 atom stereocenters. The summed E-state index contributed by atoms with van der Waals surface area (Å²) in [6.07, 6.45) is 0.740. The number of esters is 1. The molecule has 0 aromatic carbocycles. The average molecular weight is 263 g/mol. The number of hydrogen-bond donors (Lipinski definition) is 1. The lowest BCUT2D eigenvalue weighted by Gasteiger charge is -2.16. The van der Waals surface area contributed by atoms with Crippen LogP contribution in [-0.2, 0) is 24.2 Å². The second-order valence-corrected chi connectivity index (χ2v) is 6.32. The van der Waals surface area contributed by atoms with Gasteiger partial charge in [-0.3, -0.25) is 9.59 Å². The Morgan fingerprint density at radius 3 is 2.53 bits per heavy atom. The zero-order chi connectivity index (χ0) is 13.1. The number of methoxy groups -OCH3 is 1. The molecule has 6 nitrogen and oxygen atoms in total. The normalized spacial score (nSPS) is 24.0. The molecule has 1 heterocycles. The maximum absolute atomic E-state index is 11.7. The van der Waals surface area contributed by atoms with Crippen molar-refractivity contribution in [2.24, 2.45) is 5.92 Å². The van der Waals surface area contributed by atoms with Gasteiger partial charge in [-0.25, -0.2) is 8.42 Å². The first-order valence-corrected chi connectivity index (χ1v) is 7.30. The van der Waals surface area contributed by atoms with E-state index in [1.165, 1.54) is 7.11 Å². The number of ether oxygens (including phenoxy) is 1. The molecule has 1 rings (SSSR count). The van der Waals surface area contributed by atoms with Crippen molar-refractivity contribution < 1.29 is 22.7 Å². The Bertz CT molecular complexity index is 403. The maximum atomic E-state index is 11.7. The van der Waals surface area contributed by atoms with Crippen LogP contribution in [0.25, 0.3) is 0 Å². The predicted octanol–water partition coefficient (Wildman–Crippen LogP) is -0.511. The molecule has 98 valence electrons. The third-order valence-corrected chi connectivity index (χ3v) is 4.56. The van der Waals surface area contributed by atoms with Gasteiger partial charge in [-0.05, 0) is 12.8 Å². The van der Waals surface area contributed by atoms with Crippen LogP contribution >= 0.6 is 0 Å². The fourth-order valence-corrected chi connectivity index (χ4v) is 3.49. The van der Waals surface area contributed by atoms with Gasteiger partial charge in [0.15, 0.2) is 9.84 Å². The Hall–Kier alpha value is -1.11. The lowest BCUT2D eigenvalue weighted by atomic mass is 10.1. The molecule has 0 saturated carbocycles. The second-order valence-electron chi connectivity index (χ2n) is 4.09. The molecule has 1 fully saturated rings. The molecular weight excluding hydrogens is 246 g/mol. The van der Waals surface area contributed by atoms with Gasteiger partial charge >= 0.3 is 5.97 Å². The number of sulfone groups is 1. The highest BCUT2D eigenvalue weighted by molar-refractivity contribution is 7.91. The average Bonchev–Trinajstić information content (AvgIpc) is 2.58. The number of hydrogen-bond acceptors (Lipinski definition) is 5. The van der Waals surface area contributed by atoms with Crippen LogP contribution in [0.3, 0.4) is 0 Å². The largest absolute Gasteiger partial charge is 0.468 e. The van der Waals surface area contributed by atoms with Gasteiger partial charge in [0.25, 0.3) is 0 Å². The molecule has 17 heavy (non-hydrogen) atoms. The molecule has 0 bridgehead atoms. The number of nitrogens with one attached hydrogen (secondary N) is 1. The number of carbonyl (C=O) groups is 2. The highest BCUT2D eigenvalue weighted by Gasteiger charge is 2.32. The molecule has 0 aromatic rings. The molecule has 0 radical (unpaired) electrons. The molecule has 1 saturated heterocycles. The van der Waals surface area contributed by atoms with Crippen LogP contribution in [0.15, 0.2) is 0 Å². The summed E-state index contributed by atoms with van der Waals surface area (Å²) in [4.78, 5) is 23.0. The molecular formula is C10H17NO5S. The number of rotatable bonds is 4. The van der Waals surface area contributed by atoms with Gasteiger partial charge < -0.3 is 10.1 Å². The van der Waals surface area contributed by atoms with Crippen LogP contribution < -0.4 is 5.32 Å². The standard InChI is InChI=1S/C10H17NO5S/c1-3-8(10(13)16-2)9(12)11-7-4-5-17(14,15)6-7/h7-8H,3-6H2,1-2H3,(H,11,12). The van der Waals surface area contributed by atoms with E-state index in [1.54, 1.807) is 6.92 Å². The van der Waals surface area contributed by atoms with Gasteiger partial charge in [-0.2, -0.15) is 0 Å². The molecule has 0 aromatic heterocycles. The molecule has 1 N–H and O–H groups in total. The summed E-state index contributed by atoms with van der Waals surface area (Å²) in [7, 11) is -1.81. The first-order chi connectivity index (χ1) is 7.89. The van der Waals surface area contributed by atoms with Crippen molar-refractivity contribution in [1.29, 1.82) is 0 Å². The molecule has 1 aliphatic heterocycles. The number of carbonyl (C=O) groups excluding carboxylic acids is 2. The van der Waals surface area contributed by atoms with Crippen molar-refractivity contribution in [3.8, 4) is 0 Å². The van der Waals surface area contributed by atoms with E-state index in [1.807, 2.05) is 0 Å². The van der Waals surface area contributed by atoms with Gasteiger partial charge in [-0.1, -0.05) is 6.92 Å².